The van der Waals surface area contributed by atoms with Crippen molar-refractivity contribution in [3.8, 4) is 6.07 Å². The predicted molar refractivity (Wildman–Crippen MR) is 88.6 cm³/mol. The van der Waals surface area contributed by atoms with Gasteiger partial charge < -0.3 is 9.88 Å². The number of hydrogen-bond acceptors (Lipinski definition) is 2. The molecule has 0 aliphatic heterocycles. The SMILES string of the molecule is Cc1cc(/C=C(/C#N)C(=O)Nc2cccc(C(F)(F)F)c2)c(C)n1C. The molecule has 25 heavy (non-hydrogen) atoms. The standard InChI is InChI=1S/C18H16F3N3O/c1-11-7-13(12(2)24(11)3)8-14(10-22)17(25)23-16-6-4-5-15(9-16)18(19,20)21/h4-9H,1-3H3,(H,23,25)/b14-8-. The normalized spacial score (nSPS) is 12.0. The Morgan fingerprint density at radius 3 is 2.48 bits per heavy atom. The molecule has 0 unspecified atom stereocenters. The molecule has 2 rings (SSSR count). The van der Waals surface area contributed by atoms with Crippen LogP contribution in [-0.2, 0) is 18.0 Å². The Hall–Kier alpha value is -3.01. The van der Waals surface area contributed by atoms with Gasteiger partial charge in [0.05, 0.1) is 5.56 Å². The lowest BCUT2D eigenvalue weighted by molar-refractivity contribution is -0.137. The first-order valence-electron chi connectivity index (χ1n) is 7.37. The second-order valence-corrected chi connectivity index (χ2v) is 5.59. The summed E-state index contributed by atoms with van der Waals surface area (Å²) in [5.41, 5.74) is 1.45. The molecule has 0 atom stereocenters. The Kier molecular flexibility index (Phi) is 5.02. The van der Waals surface area contributed by atoms with Crippen molar-refractivity contribution in [2.45, 2.75) is 20.0 Å². The van der Waals surface area contributed by atoms with E-state index >= 15 is 0 Å². The van der Waals surface area contributed by atoms with Crippen molar-refractivity contribution in [3.63, 3.8) is 0 Å². The number of benzene rings is 1. The Balaban J connectivity index is 2.28. The third-order valence-corrected chi connectivity index (χ3v) is 3.93. The van der Waals surface area contributed by atoms with Crippen LogP contribution in [0.3, 0.4) is 0 Å². The van der Waals surface area contributed by atoms with Crippen molar-refractivity contribution < 1.29 is 18.0 Å². The molecule has 1 heterocycles. The summed E-state index contributed by atoms with van der Waals surface area (Å²) in [5.74, 6) is -0.761. The van der Waals surface area contributed by atoms with Gasteiger partial charge >= 0.3 is 6.18 Å². The van der Waals surface area contributed by atoms with Crippen molar-refractivity contribution in [1.29, 1.82) is 5.26 Å². The highest BCUT2D eigenvalue weighted by Crippen LogP contribution is 2.30. The fraction of sp³-hybridized carbons (Fsp3) is 0.222. The summed E-state index contributed by atoms with van der Waals surface area (Å²) in [7, 11) is 1.86. The molecule has 4 nitrogen and oxygen atoms in total. The van der Waals surface area contributed by atoms with E-state index in [1.54, 1.807) is 6.07 Å². The second-order valence-electron chi connectivity index (χ2n) is 5.59. The number of hydrogen-bond donors (Lipinski definition) is 1. The topological polar surface area (TPSA) is 57.8 Å². The van der Waals surface area contributed by atoms with Gasteiger partial charge in [-0.25, -0.2) is 0 Å². The van der Waals surface area contributed by atoms with Crippen LogP contribution in [0.1, 0.15) is 22.5 Å². The lowest BCUT2D eigenvalue weighted by atomic mass is 10.1. The number of aryl methyl sites for hydroxylation is 1. The highest BCUT2D eigenvalue weighted by Gasteiger charge is 2.30. The molecule has 0 bridgehead atoms. The van der Waals surface area contributed by atoms with Crippen LogP contribution in [0.15, 0.2) is 35.9 Å². The van der Waals surface area contributed by atoms with E-state index in [1.807, 2.05) is 31.5 Å². The molecular weight excluding hydrogens is 331 g/mol. The summed E-state index contributed by atoms with van der Waals surface area (Å²) in [6.45, 7) is 3.73. The van der Waals surface area contributed by atoms with Gasteiger partial charge in [0, 0.05) is 24.1 Å². The van der Waals surface area contributed by atoms with Crippen LogP contribution in [0.4, 0.5) is 18.9 Å². The lowest BCUT2D eigenvalue weighted by Gasteiger charge is -2.09. The predicted octanol–water partition coefficient (Wildman–Crippen LogP) is 4.21. The number of carbonyl (C=O) groups excluding carboxylic acids is 1. The molecule has 1 amide bonds. The maximum absolute atomic E-state index is 12.7. The number of nitriles is 1. The van der Waals surface area contributed by atoms with Crippen LogP contribution < -0.4 is 5.32 Å². The summed E-state index contributed by atoms with van der Waals surface area (Å²) < 4.78 is 40.1. The Morgan fingerprint density at radius 1 is 1.28 bits per heavy atom. The fourth-order valence-corrected chi connectivity index (χ4v) is 2.31. The summed E-state index contributed by atoms with van der Waals surface area (Å²) in [6.07, 6.45) is -3.08. The van der Waals surface area contributed by atoms with Gasteiger partial charge in [-0.2, -0.15) is 18.4 Å². The van der Waals surface area contributed by atoms with Gasteiger partial charge in [0.2, 0.25) is 0 Å². The van der Waals surface area contributed by atoms with Gasteiger partial charge in [-0.3, -0.25) is 4.79 Å². The van der Waals surface area contributed by atoms with E-state index in [1.165, 1.54) is 18.2 Å². The first-order chi connectivity index (χ1) is 11.6. The number of amides is 1. The zero-order chi connectivity index (χ0) is 18.8. The molecule has 0 aliphatic carbocycles. The minimum atomic E-state index is -4.51. The largest absolute Gasteiger partial charge is 0.416 e. The van der Waals surface area contributed by atoms with Gasteiger partial charge in [0.15, 0.2) is 0 Å². The average Bonchev–Trinajstić information content (AvgIpc) is 2.79. The minimum Gasteiger partial charge on any atom is -0.352 e. The molecule has 130 valence electrons. The van der Waals surface area contributed by atoms with E-state index in [-0.39, 0.29) is 11.3 Å². The van der Waals surface area contributed by atoms with Crippen LogP contribution in [0.5, 0.6) is 0 Å². The molecule has 0 saturated carbocycles. The number of rotatable bonds is 3. The first-order valence-corrected chi connectivity index (χ1v) is 7.37. The van der Waals surface area contributed by atoms with E-state index in [0.29, 0.717) is 5.56 Å². The molecule has 1 aromatic carbocycles. The molecule has 7 heteroatoms. The molecular formula is C18H16F3N3O. The van der Waals surface area contributed by atoms with Crippen LogP contribution in [0, 0.1) is 25.2 Å². The Labute approximate surface area is 143 Å². The highest BCUT2D eigenvalue weighted by molar-refractivity contribution is 6.09. The average molecular weight is 347 g/mol. The van der Waals surface area contributed by atoms with Crippen molar-refractivity contribution in [2.75, 3.05) is 5.32 Å². The van der Waals surface area contributed by atoms with Crippen LogP contribution in [0.2, 0.25) is 0 Å². The monoisotopic (exact) mass is 347 g/mol. The Bertz CT molecular complexity index is 886. The van der Waals surface area contributed by atoms with Gasteiger partial charge in [0.1, 0.15) is 11.6 Å². The van der Waals surface area contributed by atoms with E-state index < -0.39 is 17.6 Å². The second kappa shape index (κ2) is 6.85. The number of carbonyl (C=O) groups is 1. The summed E-state index contributed by atoms with van der Waals surface area (Å²) in [4.78, 5) is 12.2. The highest BCUT2D eigenvalue weighted by atomic mass is 19.4. The van der Waals surface area contributed by atoms with Crippen molar-refractivity contribution in [2.24, 2.45) is 7.05 Å². The zero-order valence-electron chi connectivity index (χ0n) is 13.9. The van der Waals surface area contributed by atoms with Crippen molar-refractivity contribution in [1.82, 2.24) is 4.57 Å². The molecule has 1 aromatic heterocycles. The van der Waals surface area contributed by atoms with E-state index in [0.717, 1.165) is 23.5 Å². The number of alkyl halides is 3. The maximum atomic E-state index is 12.7. The molecule has 0 radical (unpaired) electrons. The zero-order valence-corrected chi connectivity index (χ0v) is 13.9. The summed E-state index contributed by atoms with van der Waals surface area (Å²) >= 11 is 0. The van der Waals surface area contributed by atoms with E-state index in [2.05, 4.69) is 5.32 Å². The number of aromatic nitrogens is 1. The first kappa shape index (κ1) is 18.3. The number of halogens is 3. The summed E-state index contributed by atoms with van der Waals surface area (Å²) in [6, 6.07) is 7.87. The number of nitrogens with zero attached hydrogens (tertiary/aromatic N) is 2. The molecule has 0 aliphatic rings. The van der Waals surface area contributed by atoms with Crippen molar-refractivity contribution in [3.05, 3.63) is 58.4 Å². The van der Waals surface area contributed by atoms with E-state index in [9.17, 15) is 23.2 Å². The molecule has 1 N–H and O–H groups in total. The van der Waals surface area contributed by atoms with Crippen LogP contribution in [0.25, 0.3) is 6.08 Å². The minimum absolute atomic E-state index is 0.0260. The van der Waals surface area contributed by atoms with Gasteiger partial charge in [-0.15, -0.1) is 0 Å². The van der Waals surface area contributed by atoms with Gasteiger partial charge in [0.25, 0.3) is 5.91 Å². The third-order valence-electron chi connectivity index (χ3n) is 3.93. The van der Waals surface area contributed by atoms with Gasteiger partial charge in [-0.1, -0.05) is 6.07 Å². The lowest BCUT2D eigenvalue weighted by Crippen LogP contribution is -2.14. The number of anilines is 1. The smallest absolute Gasteiger partial charge is 0.352 e. The fourth-order valence-electron chi connectivity index (χ4n) is 2.31. The van der Waals surface area contributed by atoms with E-state index in [4.69, 9.17) is 0 Å². The van der Waals surface area contributed by atoms with Gasteiger partial charge in [-0.05, 0) is 49.8 Å². The maximum Gasteiger partial charge on any atom is 0.416 e. The Morgan fingerprint density at radius 2 is 1.96 bits per heavy atom. The summed E-state index contributed by atoms with van der Waals surface area (Å²) in [5, 5.41) is 11.6. The number of nitrogens with one attached hydrogen (secondary N) is 1. The molecule has 0 spiro atoms. The molecule has 0 saturated heterocycles. The molecule has 2 aromatic rings. The molecule has 0 fully saturated rings. The quantitative estimate of drug-likeness (QED) is 0.668. The third kappa shape index (κ3) is 4.10. The van der Waals surface area contributed by atoms with Crippen molar-refractivity contribution >= 4 is 17.7 Å². The van der Waals surface area contributed by atoms with Crippen LogP contribution in [-0.4, -0.2) is 10.5 Å². The van der Waals surface area contributed by atoms with Crippen LogP contribution >= 0.6 is 0 Å².